The number of nitrogens with zero attached hydrogens (tertiary/aromatic N) is 3. The molecule has 1 saturated carbocycles. The fourth-order valence-electron chi connectivity index (χ4n) is 3.43. The molecule has 118 valence electrons. The maximum atomic E-state index is 5.84. The average Bonchev–Trinajstić information content (AvgIpc) is 3.08. The van der Waals surface area contributed by atoms with Crippen LogP contribution in [-0.2, 0) is 11.3 Å². The number of likely N-dealkylation sites (N-methyl/N-ethyl adjacent to an activating group) is 1. The summed E-state index contributed by atoms with van der Waals surface area (Å²) in [5.41, 5.74) is 1.26. The van der Waals surface area contributed by atoms with Crippen LogP contribution in [0.2, 0.25) is 0 Å². The number of thiazole rings is 1. The smallest absolute Gasteiger partial charge is 0.0959 e. The molecule has 1 aliphatic heterocycles. The van der Waals surface area contributed by atoms with Gasteiger partial charge in [-0.25, -0.2) is 4.98 Å². The van der Waals surface area contributed by atoms with Crippen LogP contribution >= 0.6 is 11.3 Å². The lowest BCUT2D eigenvalue weighted by molar-refractivity contribution is -0.0409. The van der Waals surface area contributed by atoms with Gasteiger partial charge in [-0.2, -0.15) is 0 Å². The van der Waals surface area contributed by atoms with Gasteiger partial charge >= 0.3 is 0 Å². The first kappa shape index (κ1) is 15.4. The minimum Gasteiger partial charge on any atom is -0.374 e. The van der Waals surface area contributed by atoms with Crippen LogP contribution in [-0.4, -0.2) is 61.2 Å². The van der Waals surface area contributed by atoms with Gasteiger partial charge in [-0.05, 0) is 26.9 Å². The Morgan fingerprint density at radius 3 is 2.95 bits per heavy atom. The first-order chi connectivity index (χ1) is 10.2. The summed E-state index contributed by atoms with van der Waals surface area (Å²) in [6.45, 7) is 4.88. The Labute approximate surface area is 132 Å². The number of rotatable bonds is 5. The van der Waals surface area contributed by atoms with Gasteiger partial charge in [0.25, 0.3) is 0 Å². The highest BCUT2D eigenvalue weighted by Crippen LogP contribution is 2.35. The van der Waals surface area contributed by atoms with E-state index in [0.717, 1.165) is 38.7 Å². The lowest BCUT2D eigenvalue weighted by Crippen LogP contribution is -2.46. The first-order valence-electron chi connectivity index (χ1n) is 8.13. The third kappa shape index (κ3) is 4.25. The topological polar surface area (TPSA) is 28.6 Å². The van der Waals surface area contributed by atoms with Gasteiger partial charge in [0.15, 0.2) is 0 Å². The van der Waals surface area contributed by atoms with Crippen molar-refractivity contribution in [3.05, 3.63) is 16.1 Å². The molecule has 2 fully saturated rings. The van der Waals surface area contributed by atoms with E-state index in [1.54, 1.807) is 0 Å². The van der Waals surface area contributed by atoms with Crippen molar-refractivity contribution in [1.82, 2.24) is 14.8 Å². The Bertz CT molecular complexity index is 442. The molecule has 0 spiro atoms. The van der Waals surface area contributed by atoms with Gasteiger partial charge in [-0.15, -0.1) is 11.3 Å². The van der Waals surface area contributed by atoms with Crippen molar-refractivity contribution < 1.29 is 4.74 Å². The lowest BCUT2D eigenvalue weighted by Gasteiger charge is -2.33. The van der Waals surface area contributed by atoms with E-state index in [1.165, 1.54) is 36.4 Å². The summed E-state index contributed by atoms with van der Waals surface area (Å²) >= 11 is 1.87. The Morgan fingerprint density at radius 1 is 1.38 bits per heavy atom. The van der Waals surface area contributed by atoms with Crippen LogP contribution in [0.25, 0.3) is 0 Å². The molecule has 1 aromatic heterocycles. The van der Waals surface area contributed by atoms with Crippen molar-refractivity contribution >= 4 is 11.3 Å². The Hall–Kier alpha value is -0.490. The standard InChI is InChI=1S/C16H27N3OS/c1-18(2)10-15-11-19(7-8-20-15)9-14-12-21-16(17-14)13-5-3-4-6-13/h12-13,15H,3-11H2,1-2H3/t15-/m1/s1. The highest BCUT2D eigenvalue weighted by molar-refractivity contribution is 7.09. The molecule has 0 aromatic carbocycles. The Morgan fingerprint density at radius 2 is 2.19 bits per heavy atom. The first-order valence-corrected chi connectivity index (χ1v) is 9.01. The number of hydrogen-bond donors (Lipinski definition) is 0. The molecule has 2 aliphatic rings. The summed E-state index contributed by atoms with van der Waals surface area (Å²) in [7, 11) is 4.22. The molecular weight excluding hydrogens is 282 g/mol. The van der Waals surface area contributed by atoms with Crippen LogP contribution in [0.4, 0.5) is 0 Å². The molecule has 4 nitrogen and oxygen atoms in total. The number of aromatic nitrogens is 1. The second-order valence-corrected chi connectivity index (χ2v) is 7.54. The van der Waals surface area contributed by atoms with Gasteiger partial charge in [-0.1, -0.05) is 12.8 Å². The third-order valence-corrected chi connectivity index (χ3v) is 5.51. The maximum Gasteiger partial charge on any atom is 0.0959 e. The predicted molar refractivity (Wildman–Crippen MR) is 86.9 cm³/mol. The molecular formula is C16H27N3OS. The minimum atomic E-state index is 0.335. The molecule has 1 aliphatic carbocycles. The van der Waals surface area contributed by atoms with Crippen LogP contribution in [0, 0.1) is 0 Å². The van der Waals surface area contributed by atoms with Crippen molar-refractivity contribution in [2.75, 3.05) is 40.3 Å². The van der Waals surface area contributed by atoms with Gasteiger partial charge in [0, 0.05) is 37.5 Å². The SMILES string of the molecule is CN(C)C[C@@H]1CN(Cc2csc(C3CCCC3)n2)CCO1. The zero-order valence-electron chi connectivity index (χ0n) is 13.3. The zero-order chi connectivity index (χ0) is 14.7. The van der Waals surface area contributed by atoms with E-state index < -0.39 is 0 Å². The Balaban J connectivity index is 1.53. The molecule has 0 amide bonds. The van der Waals surface area contributed by atoms with Gasteiger partial charge in [-0.3, -0.25) is 4.90 Å². The average molecular weight is 309 g/mol. The Kier molecular flexibility index (Phi) is 5.27. The monoisotopic (exact) mass is 309 g/mol. The van der Waals surface area contributed by atoms with Crippen molar-refractivity contribution in [3.8, 4) is 0 Å². The molecule has 0 N–H and O–H groups in total. The number of morpholine rings is 1. The molecule has 5 heteroatoms. The van der Waals surface area contributed by atoms with Gasteiger partial charge in [0.05, 0.1) is 23.4 Å². The second-order valence-electron chi connectivity index (χ2n) is 6.65. The van der Waals surface area contributed by atoms with Crippen LogP contribution in [0.15, 0.2) is 5.38 Å². The van der Waals surface area contributed by atoms with Crippen molar-refractivity contribution in [2.45, 2.75) is 44.2 Å². The van der Waals surface area contributed by atoms with Crippen LogP contribution < -0.4 is 0 Å². The van der Waals surface area contributed by atoms with E-state index in [9.17, 15) is 0 Å². The summed E-state index contributed by atoms with van der Waals surface area (Å²) in [5.74, 6) is 0.745. The van der Waals surface area contributed by atoms with E-state index in [-0.39, 0.29) is 0 Å². The summed E-state index contributed by atoms with van der Waals surface area (Å²) in [5, 5.41) is 3.64. The highest BCUT2D eigenvalue weighted by atomic mass is 32.1. The lowest BCUT2D eigenvalue weighted by atomic mass is 10.1. The number of hydrogen-bond acceptors (Lipinski definition) is 5. The summed E-state index contributed by atoms with van der Waals surface area (Å²) < 4.78 is 5.84. The largest absolute Gasteiger partial charge is 0.374 e. The van der Waals surface area contributed by atoms with E-state index in [2.05, 4.69) is 29.3 Å². The van der Waals surface area contributed by atoms with E-state index in [1.807, 2.05) is 11.3 Å². The van der Waals surface area contributed by atoms with E-state index >= 15 is 0 Å². The van der Waals surface area contributed by atoms with Crippen LogP contribution in [0.1, 0.15) is 42.3 Å². The van der Waals surface area contributed by atoms with Crippen LogP contribution in [0.5, 0.6) is 0 Å². The molecule has 1 saturated heterocycles. The maximum absolute atomic E-state index is 5.84. The molecule has 2 heterocycles. The second kappa shape index (κ2) is 7.18. The van der Waals surface area contributed by atoms with Gasteiger partial charge in [0.1, 0.15) is 0 Å². The number of ether oxygens (including phenoxy) is 1. The van der Waals surface area contributed by atoms with E-state index in [0.29, 0.717) is 6.10 Å². The predicted octanol–water partition coefficient (Wildman–Crippen LogP) is 2.56. The molecule has 0 bridgehead atoms. The third-order valence-electron chi connectivity index (χ3n) is 4.45. The molecule has 1 atom stereocenters. The highest BCUT2D eigenvalue weighted by Gasteiger charge is 2.23. The van der Waals surface area contributed by atoms with Crippen LogP contribution in [0.3, 0.4) is 0 Å². The summed E-state index contributed by atoms with van der Waals surface area (Å²) in [6, 6.07) is 0. The fourth-order valence-corrected chi connectivity index (χ4v) is 4.41. The minimum absolute atomic E-state index is 0.335. The molecule has 0 radical (unpaired) electrons. The van der Waals surface area contributed by atoms with Crippen molar-refractivity contribution in [3.63, 3.8) is 0 Å². The molecule has 1 aromatic rings. The molecule has 21 heavy (non-hydrogen) atoms. The summed E-state index contributed by atoms with van der Waals surface area (Å²) in [4.78, 5) is 9.59. The normalized spacial score (nSPS) is 25.0. The quantitative estimate of drug-likeness (QED) is 0.836. The van der Waals surface area contributed by atoms with Gasteiger partial charge < -0.3 is 9.64 Å². The van der Waals surface area contributed by atoms with Gasteiger partial charge in [0.2, 0.25) is 0 Å². The van der Waals surface area contributed by atoms with E-state index in [4.69, 9.17) is 9.72 Å². The molecule has 3 rings (SSSR count). The zero-order valence-corrected chi connectivity index (χ0v) is 14.1. The fraction of sp³-hybridized carbons (Fsp3) is 0.812. The van der Waals surface area contributed by atoms with Crippen molar-refractivity contribution in [2.24, 2.45) is 0 Å². The van der Waals surface area contributed by atoms with Crippen molar-refractivity contribution in [1.29, 1.82) is 0 Å². The molecule has 0 unspecified atom stereocenters. The summed E-state index contributed by atoms with van der Waals surface area (Å²) in [6.07, 6.45) is 5.79.